The number of hydrogen-bond acceptors (Lipinski definition) is 3. The van der Waals surface area contributed by atoms with Crippen molar-refractivity contribution in [2.45, 2.75) is 17.6 Å². The minimum atomic E-state index is -4.75. The van der Waals surface area contributed by atoms with E-state index in [2.05, 4.69) is 0 Å². The van der Waals surface area contributed by atoms with E-state index in [1.54, 1.807) is 12.1 Å². The van der Waals surface area contributed by atoms with Crippen LogP contribution in [0.3, 0.4) is 0 Å². The molecule has 0 radical (unpaired) electrons. The molecule has 0 bridgehead atoms. The molecular weight excluding hydrogens is 384 g/mol. The van der Waals surface area contributed by atoms with Gasteiger partial charge in [-0.25, -0.2) is 12.8 Å². The largest absolute Gasteiger partial charge is 0.417 e. The van der Waals surface area contributed by atoms with Gasteiger partial charge in [-0.15, -0.1) is 0 Å². The molecule has 0 aromatic heterocycles. The molecule has 0 amide bonds. The molecule has 3 rings (SSSR count). The molecule has 1 aliphatic rings. The summed E-state index contributed by atoms with van der Waals surface area (Å²) < 4.78 is 79.3. The highest BCUT2D eigenvalue weighted by atomic mass is 32.2. The van der Waals surface area contributed by atoms with E-state index in [-0.39, 0.29) is 18.9 Å². The van der Waals surface area contributed by atoms with Gasteiger partial charge in [-0.3, -0.25) is 4.90 Å². The van der Waals surface area contributed by atoms with Crippen LogP contribution in [0.15, 0.2) is 53.4 Å². The zero-order chi connectivity index (χ0) is 19.7. The summed E-state index contributed by atoms with van der Waals surface area (Å²) >= 11 is 0. The number of benzene rings is 2. The molecule has 0 atom stereocenters. The number of hydrogen-bond donors (Lipinski definition) is 0. The fourth-order valence-electron chi connectivity index (χ4n) is 3.09. The fraction of sp³-hybridized carbons (Fsp3) is 0.333. The molecule has 0 saturated carbocycles. The zero-order valence-electron chi connectivity index (χ0n) is 14.3. The lowest BCUT2D eigenvalue weighted by Crippen LogP contribution is -2.48. The number of piperazine rings is 1. The minimum absolute atomic E-state index is 0.0733. The average molecular weight is 402 g/mol. The molecule has 0 unspecified atom stereocenters. The number of rotatable bonds is 4. The fourth-order valence-corrected chi connectivity index (χ4v) is 4.72. The molecule has 0 aliphatic carbocycles. The van der Waals surface area contributed by atoms with Crippen molar-refractivity contribution in [3.05, 3.63) is 65.5 Å². The number of alkyl halides is 3. The predicted octanol–water partition coefficient (Wildman–Crippen LogP) is 3.35. The molecule has 2 aromatic rings. The normalized spacial score (nSPS) is 17.2. The molecule has 1 heterocycles. The van der Waals surface area contributed by atoms with Crippen LogP contribution in [0, 0.1) is 5.82 Å². The van der Waals surface area contributed by atoms with E-state index < -0.39 is 26.7 Å². The van der Waals surface area contributed by atoms with Gasteiger partial charge in [-0.05, 0) is 29.8 Å². The number of halogens is 4. The van der Waals surface area contributed by atoms with Crippen molar-refractivity contribution in [2.24, 2.45) is 0 Å². The molecule has 0 N–H and O–H groups in total. The predicted molar refractivity (Wildman–Crippen MR) is 91.9 cm³/mol. The van der Waals surface area contributed by atoms with Gasteiger partial charge < -0.3 is 0 Å². The Morgan fingerprint density at radius 3 is 2.22 bits per heavy atom. The third kappa shape index (κ3) is 4.48. The summed E-state index contributed by atoms with van der Waals surface area (Å²) in [6.45, 7) is 1.30. The molecule has 1 aliphatic heterocycles. The molecule has 0 spiro atoms. The maximum atomic E-state index is 13.3. The molecule has 4 nitrogen and oxygen atoms in total. The highest BCUT2D eigenvalue weighted by Gasteiger charge is 2.39. The van der Waals surface area contributed by atoms with Gasteiger partial charge >= 0.3 is 6.18 Å². The summed E-state index contributed by atoms with van der Waals surface area (Å²) in [5.41, 5.74) is -0.402. The second kappa shape index (κ2) is 7.57. The van der Waals surface area contributed by atoms with Crippen LogP contribution in [0.1, 0.15) is 11.1 Å². The third-order valence-electron chi connectivity index (χ3n) is 4.44. The van der Waals surface area contributed by atoms with Crippen LogP contribution >= 0.6 is 0 Å². The first-order valence-electron chi connectivity index (χ1n) is 8.31. The van der Waals surface area contributed by atoms with Gasteiger partial charge in [0.1, 0.15) is 5.82 Å². The third-order valence-corrected chi connectivity index (χ3v) is 6.39. The first-order valence-corrected chi connectivity index (χ1v) is 9.75. The van der Waals surface area contributed by atoms with Crippen LogP contribution in [0.2, 0.25) is 0 Å². The quantitative estimate of drug-likeness (QED) is 0.737. The molecule has 2 aromatic carbocycles. The second-order valence-electron chi connectivity index (χ2n) is 6.30. The SMILES string of the molecule is O=S(=O)(c1ccccc1C(F)(F)F)N1CCN(Cc2cccc(F)c2)CC1. The first-order chi connectivity index (χ1) is 12.7. The van der Waals surface area contributed by atoms with Crippen LogP contribution < -0.4 is 0 Å². The molecular formula is C18H18F4N2O2S. The van der Waals surface area contributed by atoms with Crippen LogP contribution in [-0.2, 0) is 22.7 Å². The Hall–Kier alpha value is -1.97. The van der Waals surface area contributed by atoms with Crippen LogP contribution in [-0.4, -0.2) is 43.8 Å². The van der Waals surface area contributed by atoms with Crippen LogP contribution in [0.25, 0.3) is 0 Å². The lowest BCUT2D eigenvalue weighted by Gasteiger charge is -2.34. The molecule has 146 valence electrons. The Morgan fingerprint density at radius 2 is 1.59 bits per heavy atom. The van der Waals surface area contributed by atoms with Gasteiger partial charge in [-0.1, -0.05) is 24.3 Å². The number of nitrogens with zero attached hydrogens (tertiary/aromatic N) is 2. The summed E-state index contributed by atoms with van der Waals surface area (Å²) in [5, 5.41) is 0. The Bertz CT molecular complexity index is 908. The second-order valence-corrected chi connectivity index (χ2v) is 8.21. The van der Waals surface area contributed by atoms with Gasteiger partial charge in [0, 0.05) is 32.7 Å². The first kappa shape index (κ1) is 19.8. The van der Waals surface area contributed by atoms with E-state index in [0.29, 0.717) is 19.6 Å². The van der Waals surface area contributed by atoms with Crippen molar-refractivity contribution in [3.8, 4) is 0 Å². The summed E-state index contributed by atoms with van der Waals surface area (Å²) in [6, 6.07) is 10.3. The minimum Gasteiger partial charge on any atom is -0.296 e. The van der Waals surface area contributed by atoms with Crippen molar-refractivity contribution >= 4 is 10.0 Å². The van der Waals surface area contributed by atoms with E-state index in [4.69, 9.17) is 0 Å². The maximum absolute atomic E-state index is 13.3. The van der Waals surface area contributed by atoms with Gasteiger partial charge in [-0.2, -0.15) is 17.5 Å². The van der Waals surface area contributed by atoms with Crippen molar-refractivity contribution in [1.29, 1.82) is 0 Å². The van der Waals surface area contributed by atoms with Gasteiger partial charge in [0.15, 0.2) is 0 Å². The summed E-state index contributed by atoms with van der Waals surface area (Å²) in [7, 11) is -4.25. The lowest BCUT2D eigenvalue weighted by atomic mass is 10.2. The van der Waals surface area contributed by atoms with E-state index in [1.165, 1.54) is 24.3 Å². The Balaban J connectivity index is 1.72. The zero-order valence-corrected chi connectivity index (χ0v) is 15.1. The summed E-state index contributed by atoms with van der Waals surface area (Å²) in [6.07, 6.45) is -4.75. The molecule has 27 heavy (non-hydrogen) atoms. The Labute approximate surface area is 155 Å². The van der Waals surface area contributed by atoms with E-state index in [9.17, 15) is 26.0 Å². The topological polar surface area (TPSA) is 40.6 Å². The van der Waals surface area contributed by atoms with Crippen molar-refractivity contribution in [2.75, 3.05) is 26.2 Å². The van der Waals surface area contributed by atoms with Crippen molar-refractivity contribution in [1.82, 2.24) is 9.21 Å². The molecule has 1 fully saturated rings. The van der Waals surface area contributed by atoms with Gasteiger partial charge in [0.05, 0.1) is 10.5 Å². The maximum Gasteiger partial charge on any atom is 0.417 e. The van der Waals surface area contributed by atoms with Crippen molar-refractivity contribution in [3.63, 3.8) is 0 Å². The molecule has 9 heteroatoms. The van der Waals surface area contributed by atoms with Gasteiger partial charge in [0.2, 0.25) is 10.0 Å². The highest BCUT2D eigenvalue weighted by Crippen LogP contribution is 2.35. The monoisotopic (exact) mass is 402 g/mol. The Morgan fingerprint density at radius 1 is 0.926 bits per heavy atom. The van der Waals surface area contributed by atoms with E-state index in [0.717, 1.165) is 22.0 Å². The average Bonchev–Trinajstić information content (AvgIpc) is 2.61. The number of sulfonamides is 1. The Kier molecular flexibility index (Phi) is 5.55. The standard InChI is InChI=1S/C18H18F4N2O2S/c19-15-5-3-4-14(12-15)13-23-8-10-24(11-9-23)27(25,26)17-7-2-1-6-16(17)18(20,21)22/h1-7,12H,8-11,13H2. The van der Waals surface area contributed by atoms with Crippen LogP contribution in [0.5, 0.6) is 0 Å². The summed E-state index contributed by atoms with van der Waals surface area (Å²) in [4.78, 5) is 1.22. The van der Waals surface area contributed by atoms with E-state index in [1.807, 2.05) is 4.90 Å². The smallest absolute Gasteiger partial charge is 0.296 e. The van der Waals surface area contributed by atoms with E-state index >= 15 is 0 Å². The lowest BCUT2D eigenvalue weighted by molar-refractivity contribution is -0.139. The highest BCUT2D eigenvalue weighted by molar-refractivity contribution is 7.89. The van der Waals surface area contributed by atoms with Crippen LogP contribution in [0.4, 0.5) is 17.6 Å². The van der Waals surface area contributed by atoms with Gasteiger partial charge in [0.25, 0.3) is 0 Å². The summed E-state index contributed by atoms with van der Waals surface area (Å²) in [5.74, 6) is -0.350. The molecule has 1 saturated heterocycles. The van der Waals surface area contributed by atoms with Crippen molar-refractivity contribution < 1.29 is 26.0 Å².